The third-order valence-electron chi connectivity index (χ3n) is 2.62. The van der Waals surface area contributed by atoms with Crippen molar-refractivity contribution in [3.8, 4) is 0 Å². The molecule has 7 nitrogen and oxygen atoms in total. The summed E-state index contributed by atoms with van der Waals surface area (Å²) in [5, 5.41) is 8.73. The average molecular weight is 258 g/mol. The van der Waals surface area contributed by atoms with Gasteiger partial charge in [0, 0.05) is 12.0 Å². The molecule has 0 spiro atoms. The lowest BCUT2D eigenvalue weighted by molar-refractivity contribution is 0.0682. The van der Waals surface area contributed by atoms with Crippen molar-refractivity contribution >= 4 is 15.8 Å². The fourth-order valence-corrected chi connectivity index (χ4v) is 2.95. The number of carbonyl (C=O) groups is 1. The van der Waals surface area contributed by atoms with E-state index in [-0.39, 0.29) is 35.6 Å². The van der Waals surface area contributed by atoms with E-state index in [2.05, 4.69) is 9.97 Å². The van der Waals surface area contributed by atoms with E-state index in [1.54, 1.807) is 0 Å². The van der Waals surface area contributed by atoms with Crippen molar-refractivity contribution < 1.29 is 18.3 Å². The number of aromatic nitrogens is 2. The van der Waals surface area contributed by atoms with E-state index in [9.17, 15) is 18.0 Å². The standard InChI is InChI=1S/C9H10N2O5S/c12-8-5-1-3-17(15,16)4-2-6(5)10-7(11-8)9(13)14/h1-4H2,(H,13,14)(H,10,11,12). The quantitative estimate of drug-likeness (QED) is 0.666. The van der Waals surface area contributed by atoms with Gasteiger partial charge in [0.2, 0.25) is 5.82 Å². The number of nitrogens with zero attached hydrogens (tertiary/aromatic N) is 1. The van der Waals surface area contributed by atoms with Crippen LogP contribution in [0.1, 0.15) is 21.9 Å². The number of hydrogen-bond acceptors (Lipinski definition) is 5. The van der Waals surface area contributed by atoms with Crippen LogP contribution in [0.25, 0.3) is 0 Å². The molecular formula is C9H10N2O5S. The molecule has 17 heavy (non-hydrogen) atoms. The normalized spacial score (nSPS) is 18.1. The van der Waals surface area contributed by atoms with Gasteiger partial charge in [0.15, 0.2) is 9.84 Å². The highest BCUT2D eigenvalue weighted by molar-refractivity contribution is 7.91. The van der Waals surface area contributed by atoms with Crippen molar-refractivity contribution in [2.75, 3.05) is 11.5 Å². The van der Waals surface area contributed by atoms with Crippen LogP contribution in [0.5, 0.6) is 0 Å². The smallest absolute Gasteiger partial charge is 0.372 e. The summed E-state index contributed by atoms with van der Waals surface area (Å²) in [7, 11) is -3.18. The summed E-state index contributed by atoms with van der Waals surface area (Å²) >= 11 is 0. The third-order valence-corrected chi connectivity index (χ3v) is 4.27. The monoisotopic (exact) mass is 258 g/mol. The second kappa shape index (κ2) is 3.95. The van der Waals surface area contributed by atoms with Crippen LogP contribution < -0.4 is 5.56 Å². The molecule has 1 aromatic heterocycles. The lowest BCUT2D eigenvalue weighted by Crippen LogP contribution is -2.22. The summed E-state index contributed by atoms with van der Waals surface area (Å²) < 4.78 is 22.8. The maximum Gasteiger partial charge on any atom is 0.372 e. The first kappa shape index (κ1) is 11.8. The van der Waals surface area contributed by atoms with Gasteiger partial charge >= 0.3 is 5.97 Å². The van der Waals surface area contributed by atoms with Crippen molar-refractivity contribution in [3.63, 3.8) is 0 Å². The van der Waals surface area contributed by atoms with Crippen LogP contribution in [0, 0.1) is 0 Å². The molecule has 0 bridgehead atoms. The Balaban J connectivity index is 2.54. The number of aromatic carboxylic acids is 1. The Bertz CT molecular complexity index is 631. The van der Waals surface area contributed by atoms with E-state index >= 15 is 0 Å². The van der Waals surface area contributed by atoms with Gasteiger partial charge in [0.05, 0.1) is 17.2 Å². The van der Waals surface area contributed by atoms with Gasteiger partial charge in [-0.05, 0) is 6.42 Å². The Labute approximate surface area is 96.4 Å². The van der Waals surface area contributed by atoms with Gasteiger partial charge in [0.1, 0.15) is 0 Å². The predicted molar refractivity (Wildman–Crippen MR) is 57.9 cm³/mol. The molecule has 0 radical (unpaired) electrons. The molecule has 1 aliphatic heterocycles. The van der Waals surface area contributed by atoms with Gasteiger partial charge in [-0.25, -0.2) is 18.2 Å². The van der Waals surface area contributed by atoms with Crippen molar-refractivity contribution in [3.05, 3.63) is 27.4 Å². The topological polar surface area (TPSA) is 117 Å². The van der Waals surface area contributed by atoms with E-state index in [0.29, 0.717) is 0 Å². The molecule has 0 saturated heterocycles. The molecule has 1 aromatic rings. The minimum absolute atomic E-state index is 0.0832. The zero-order chi connectivity index (χ0) is 12.6. The molecule has 2 rings (SSSR count). The Morgan fingerprint density at radius 2 is 1.94 bits per heavy atom. The van der Waals surface area contributed by atoms with Crippen molar-refractivity contribution in [2.45, 2.75) is 12.8 Å². The van der Waals surface area contributed by atoms with Crippen LogP contribution in [0.15, 0.2) is 4.79 Å². The van der Waals surface area contributed by atoms with Crippen LogP contribution in [0.3, 0.4) is 0 Å². The van der Waals surface area contributed by atoms with Gasteiger partial charge in [-0.2, -0.15) is 0 Å². The highest BCUT2D eigenvalue weighted by atomic mass is 32.2. The molecule has 92 valence electrons. The lowest BCUT2D eigenvalue weighted by Gasteiger charge is -2.03. The fraction of sp³-hybridized carbons (Fsp3) is 0.444. The number of H-pyrrole nitrogens is 1. The molecule has 0 atom stereocenters. The van der Waals surface area contributed by atoms with Crippen molar-refractivity contribution in [1.82, 2.24) is 9.97 Å². The van der Waals surface area contributed by atoms with Gasteiger partial charge < -0.3 is 10.1 Å². The first-order valence-corrected chi connectivity index (χ1v) is 6.77. The zero-order valence-electron chi connectivity index (χ0n) is 8.76. The highest BCUT2D eigenvalue weighted by Gasteiger charge is 2.23. The molecule has 0 unspecified atom stereocenters. The number of rotatable bonds is 1. The van der Waals surface area contributed by atoms with Gasteiger partial charge in [-0.15, -0.1) is 0 Å². The summed E-state index contributed by atoms with van der Waals surface area (Å²) in [5.41, 5.74) is -0.0206. The van der Waals surface area contributed by atoms with E-state index in [0.717, 1.165) is 0 Å². The minimum atomic E-state index is -3.18. The number of carboxylic acids is 1. The lowest BCUT2D eigenvalue weighted by atomic mass is 10.1. The van der Waals surface area contributed by atoms with Gasteiger partial charge in [0.25, 0.3) is 5.56 Å². The third kappa shape index (κ3) is 2.36. The molecule has 0 amide bonds. The minimum Gasteiger partial charge on any atom is -0.475 e. The molecule has 0 aromatic carbocycles. The highest BCUT2D eigenvalue weighted by Crippen LogP contribution is 2.11. The molecule has 2 heterocycles. The van der Waals surface area contributed by atoms with E-state index in [1.165, 1.54) is 0 Å². The first-order chi connectivity index (χ1) is 7.89. The summed E-state index contributed by atoms with van der Waals surface area (Å²) in [5.74, 6) is -1.99. The summed E-state index contributed by atoms with van der Waals surface area (Å²) in [6.45, 7) is 0. The molecule has 2 N–H and O–H groups in total. The molecule has 0 aliphatic carbocycles. The Morgan fingerprint density at radius 1 is 1.29 bits per heavy atom. The van der Waals surface area contributed by atoms with E-state index in [1.807, 2.05) is 0 Å². The second-order valence-electron chi connectivity index (χ2n) is 3.80. The number of aromatic amines is 1. The first-order valence-electron chi connectivity index (χ1n) is 4.95. The molecule has 8 heteroatoms. The summed E-state index contributed by atoms with van der Waals surface area (Å²) in [4.78, 5) is 28.2. The SMILES string of the molecule is O=C(O)c1nc2c(c(=O)[nH]1)CCS(=O)(=O)CC2. The van der Waals surface area contributed by atoms with Crippen LogP contribution in [-0.4, -0.2) is 41.0 Å². The van der Waals surface area contributed by atoms with Gasteiger partial charge in [-0.1, -0.05) is 0 Å². The van der Waals surface area contributed by atoms with Crippen molar-refractivity contribution in [2.24, 2.45) is 0 Å². The van der Waals surface area contributed by atoms with Crippen LogP contribution in [-0.2, 0) is 22.7 Å². The van der Waals surface area contributed by atoms with Crippen LogP contribution in [0.2, 0.25) is 0 Å². The van der Waals surface area contributed by atoms with E-state index < -0.39 is 27.2 Å². The largest absolute Gasteiger partial charge is 0.475 e. The Morgan fingerprint density at radius 3 is 2.59 bits per heavy atom. The second-order valence-corrected chi connectivity index (χ2v) is 6.10. The maximum absolute atomic E-state index is 11.6. The zero-order valence-corrected chi connectivity index (χ0v) is 9.58. The molecule has 1 aliphatic rings. The predicted octanol–water partition coefficient (Wildman–Crippen LogP) is -1.02. The van der Waals surface area contributed by atoms with E-state index in [4.69, 9.17) is 5.11 Å². The fourth-order valence-electron chi connectivity index (χ4n) is 1.72. The van der Waals surface area contributed by atoms with Crippen LogP contribution >= 0.6 is 0 Å². The average Bonchev–Trinajstić information content (AvgIpc) is 2.38. The number of nitrogens with one attached hydrogen (secondary N) is 1. The molecular weight excluding hydrogens is 248 g/mol. The number of sulfone groups is 1. The number of fused-ring (bicyclic) bond motifs is 1. The number of hydrogen-bond donors (Lipinski definition) is 2. The summed E-state index contributed by atoms with van der Waals surface area (Å²) in [6, 6.07) is 0. The van der Waals surface area contributed by atoms with Gasteiger partial charge in [-0.3, -0.25) is 4.79 Å². The summed E-state index contributed by atoms with van der Waals surface area (Å²) in [6.07, 6.45) is 0.168. The molecule has 0 saturated carbocycles. The maximum atomic E-state index is 11.6. The number of carboxylic acid groups (broad SMARTS) is 1. The van der Waals surface area contributed by atoms with Crippen molar-refractivity contribution in [1.29, 1.82) is 0 Å². The Hall–Kier alpha value is -1.70. The molecule has 0 fully saturated rings. The number of aryl methyl sites for hydroxylation is 1. The Kier molecular flexibility index (Phi) is 2.74. The van der Waals surface area contributed by atoms with Crippen LogP contribution in [0.4, 0.5) is 0 Å².